The molecule has 1 aliphatic heterocycles. The van der Waals surface area contributed by atoms with Gasteiger partial charge in [-0.15, -0.1) is 22.1 Å². The largest absolute Gasteiger partial charge is 0.192 e. The van der Waals surface area contributed by atoms with Crippen LogP contribution in [0.5, 0.6) is 0 Å². The van der Waals surface area contributed by atoms with Gasteiger partial charge in [0.2, 0.25) is 0 Å². The molecule has 1 aromatic rings. The van der Waals surface area contributed by atoms with Crippen molar-refractivity contribution in [3.8, 4) is 6.07 Å². The molecule has 7 nitrogen and oxygen atoms in total. The van der Waals surface area contributed by atoms with Crippen LogP contribution in [0.3, 0.4) is 0 Å². The van der Waals surface area contributed by atoms with Crippen LogP contribution < -0.4 is 5.53 Å². The summed E-state index contributed by atoms with van der Waals surface area (Å²) in [5.41, 5.74) is 3.67. The lowest BCUT2D eigenvalue weighted by molar-refractivity contribution is 0.211. The highest BCUT2D eigenvalue weighted by Crippen LogP contribution is 2.12. The van der Waals surface area contributed by atoms with E-state index in [2.05, 4.69) is 32.5 Å². The third kappa shape index (κ3) is 2.74. The van der Waals surface area contributed by atoms with Gasteiger partial charge in [0, 0.05) is 0 Å². The second kappa shape index (κ2) is 5.77. The monoisotopic (exact) mass is 281 g/mol. The van der Waals surface area contributed by atoms with Gasteiger partial charge in [0.05, 0.1) is 18.2 Å². The van der Waals surface area contributed by atoms with Crippen LogP contribution in [0.1, 0.15) is 11.1 Å². The van der Waals surface area contributed by atoms with Crippen molar-refractivity contribution in [3.63, 3.8) is 0 Å². The molecule has 0 bridgehead atoms. The standard InChI is InChI=1S/C8H7N7.BrH/c9-5-7-3-1-2-4-8(7)6-15-13-11-10-12-14-15;/h1-4H,6H2,(H,10,13,14);1H. The second-order valence-corrected chi connectivity index (χ2v) is 2.78. The molecule has 1 aromatic carbocycles. The maximum Gasteiger partial charge on any atom is 0.0995 e. The highest BCUT2D eigenvalue weighted by molar-refractivity contribution is 8.93. The maximum absolute atomic E-state index is 8.86. The van der Waals surface area contributed by atoms with Crippen LogP contribution in [-0.4, -0.2) is 5.12 Å². The molecule has 0 saturated heterocycles. The molecule has 0 atom stereocenters. The first kappa shape index (κ1) is 12.1. The molecule has 16 heavy (non-hydrogen) atoms. The Hall–Kier alpha value is -2.01. The Kier molecular flexibility index (Phi) is 4.35. The zero-order valence-electron chi connectivity index (χ0n) is 8.11. The van der Waals surface area contributed by atoms with Gasteiger partial charge in [-0.1, -0.05) is 18.2 Å². The Balaban J connectivity index is 0.00000128. The summed E-state index contributed by atoms with van der Waals surface area (Å²) in [4.78, 5) is 0. The summed E-state index contributed by atoms with van der Waals surface area (Å²) in [5.74, 6) is 0. The average Bonchev–Trinajstić information content (AvgIpc) is 2.31. The van der Waals surface area contributed by atoms with Gasteiger partial charge in [-0.25, -0.2) is 0 Å². The number of rotatable bonds is 2. The average molecular weight is 282 g/mol. The molecule has 0 aromatic heterocycles. The van der Waals surface area contributed by atoms with Crippen molar-refractivity contribution in [1.29, 1.82) is 5.26 Å². The third-order valence-electron chi connectivity index (χ3n) is 1.83. The third-order valence-corrected chi connectivity index (χ3v) is 1.83. The Labute approximate surface area is 102 Å². The number of halogens is 1. The molecular weight excluding hydrogens is 274 g/mol. The smallest absolute Gasteiger partial charge is 0.0995 e. The van der Waals surface area contributed by atoms with Crippen molar-refractivity contribution in [3.05, 3.63) is 35.4 Å². The minimum absolute atomic E-state index is 0. The summed E-state index contributed by atoms with van der Waals surface area (Å²) in [5, 5.41) is 24.4. The Morgan fingerprint density at radius 2 is 1.94 bits per heavy atom. The Bertz CT molecular complexity index is 438. The fourth-order valence-corrected chi connectivity index (χ4v) is 1.16. The summed E-state index contributed by atoms with van der Waals surface area (Å²) in [6.07, 6.45) is 0. The molecule has 0 amide bonds. The van der Waals surface area contributed by atoms with Gasteiger partial charge in [0.25, 0.3) is 0 Å². The minimum atomic E-state index is 0. The van der Waals surface area contributed by atoms with E-state index in [4.69, 9.17) is 5.26 Å². The van der Waals surface area contributed by atoms with Crippen LogP contribution in [0.15, 0.2) is 45.2 Å². The molecule has 0 radical (unpaired) electrons. The van der Waals surface area contributed by atoms with Gasteiger partial charge in [-0.05, 0) is 32.5 Å². The van der Waals surface area contributed by atoms with Gasteiger partial charge < -0.3 is 0 Å². The van der Waals surface area contributed by atoms with Crippen LogP contribution in [0.4, 0.5) is 0 Å². The predicted octanol–water partition coefficient (Wildman–Crippen LogP) is 2.11. The van der Waals surface area contributed by atoms with Crippen molar-refractivity contribution in [1.82, 2.24) is 10.7 Å². The molecule has 1 N–H and O–H groups in total. The molecule has 82 valence electrons. The van der Waals surface area contributed by atoms with E-state index in [1.165, 1.54) is 5.12 Å². The molecule has 0 spiro atoms. The topological polar surface area (TPSA) is 88.5 Å². The lowest BCUT2D eigenvalue weighted by Crippen LogP contribution is -2.14. The summed E-state index contributed by atoms with van der Waals surface area (Å²) in [7, 11) is 0. The fraction of sp³-hybridized carbons (Fsp3) is 0.125. The fourth-order valence-electron chi connectivity index (χ4n) is 1.16. The van der Waals surface area contributed by atoms with Crippen molar-refractivity contribution in [2.75, 3.05) is 0 Å². The van der Waals surface area contributed by atoms with E-state index in [0.717, 1.165) is 5.56 Å². The van der Waals surface area contributed by atoms with E-state index < -0.39 is 0 Å². The van der Waals surface area contributed by atoms with E-state index in [1.54, 1.807) is 6.07 Å². The molecule has 8 heteroatoms. The van der Waals surface area contributed by atoms with Crippen LogP contribution in [0.2, 0.25) is 0 Å². The first-order valence-electron chi connectivity index (χ1n) is 4.22. The number of nitrogens with one attached hydrogen (secondary N) is 1. The summed E-state index contributed by atoms with van der Waals surface area (Å²) in [6, 6.07) is 9.34. The van der Waals surface area contributed by atoms with Gasteiger partial charge in [-0.3, -0.25) is 0 Å². The van der Waals surface area contributed by atoms with E-state index in [9.17, 15) is 0 Å². The van der Waals surface area contributed by atoms with Crippen molar-refractivity contribution >= 4 is 17.0 Å². The SMILES string of the molecule is Br.N#Cc1ccccc1CN1N=NNN=N1. The van der Waals surface area contributed by atoms with Crippen molar-refractivity contribution < 1.29 is 0 Å². The van der Waals surface area contributed by atoms with E-state index in [1.807, 2.05) is 18.2 Å². The van der Waals surface area contributed by atoms with E-state index >= 15 is 0 Å². The molecule has 0 aliphatic carbocycles. The van der Waals surface area contributed by atoms with Crippen LogP contribution in [-0.2, 0) is 6.54 Å². The summed E-state index contributed by atoms with van der Waals surface area (Å²) in [6.45, 7) is 0.373. The lowest BCUT2D eigenvalue weighted by atomic mass is 10.1. The maximum atomic E-state index is 8.86. The van der Waals surface area contributed by atoms with Crippen LogP contribution in [0.25, 0.3) is 0 Å². The first-order chi connectivity index (χ1) is 7.40. The zero-order valence-corrected chi connectivity index (χ0v) is 9.82. The summed E-state index contributed by atoms with van der Waals surface area (Å²) >= 11 is 0. The first-order valence-corrected chi connectivity index (χ1v) is 4.22. The number of nitrogens with zero attached hydrogens (tertiary/aromatic N) is 6. The quantitative estimate of drug-likeness (QED) is 0.900. The van der Waals surface area contributed by atoms with Gasteiger partial charge >= 0.3 is 0 Å². The highest BCUT2D eigenvalue weighted by atomic mass is 79.9. The molecule has 0 saturated carbocycles. The predicted molar refractivity (Wildman–Crippen MR) is 59.9 cm³/mol. The molecular formula is C8H8BrN7. The lowest BCUT2D eigenvalue weighted by Gasteiger charge is -2.12. The second-order valence-electron chi connectivity index (χ2n) is 2.78. The van der Waals surface area contributed by atoms with Gasteiger partial charge in [0.15, 0.2) is 0 Å². The van der Waals surface area contributed by atoms with Crippen LogP contribution in [0, 0.1) is 11.3 Å². The number of nitriles is 1. The summed E-state index contributed by atoms with van der Waals surface area (Å²) < 4.78 is 0. The Morgan fingerprint density at radius 3 is 2.62 bits per heavy atom. The van der Waals surface area contributed by atoms with E-state index in [-0.39, 0.29) is 17.0 Å². The zero-order chi connectivity index (χ0) is 10.5. The van der Waals surface area contributed by atoms with Gasteiger partial charge in [-0.2, -0.15) is 10.8 Å². The number of benzene rings is 1. The minimum Gasteiger partial charge on any atom is -0.192 e. The molecule has 0 unspecified atom stereocenters. The van der Waals surface area contributed by atoms with Crippen molar-refractivity contribution in [2.45, 2.75) is 6.54 Å². The molecule has 1 aliphatic rings. The molecule has 0 fully saturated rings. The van der Waals surface area contributed by atoms with E-state index in [0.29, 0.717) is 12.1 Å². The van der Waals surface area contributed by atoms with Gasteiger partial charge in [0.1, 0.15) is 0 Å². The molecule has 2 rings (SSSR count). The number of hydrogen-bond donors (Lipinski definition) is 1. The highest BCUT2D eigenvalue weighted by Gasteiger charge is 2.07. The Morgan fingerprint density at radius 1 is 1.25 bits per heavy atom. The molecule has 1 heterocycles. The number of hydrogen-bond acceptors (Lipinski definition) is 7. The normalized spacial score (nSPS) is 12.6. The van der Waals surface area contributed by atoms with Crippen LogP contribution >= 0.6 is 17.0 Å². The van der Waals surface area contributed by atoms with Crippen molar-refractivity contribution in [2.24, 2.45) is 20.9 Å².